The van der Waals surface area contributed by atoms with E-state index < -0.39 is 30.2 Å². The van der Waals surface area contributed by atoms with Gasteiger partial charge in [0.1, 0.15) is 0 Å². The quantitative estimate of drug-likeness (QED) is 0.687. The number of anilines is 1. The number of amides is 2. The normalized spacial score (nSPS) is 15.0. The number of rotatable bonds is 7. The summed E-state index contributed by atoms with van der Waals surface area (Å²) in [6, 6.07) is 4.28. The van der Waals surface area contributed by atoms with E-state index in [9.17, 15) is 27.6 Å². The monoisotopic (exact) mass is 400 g/mol. The topological polar surface area (TPSA) is 84.5 Å². The number of esters is 1. The van der Waals surface area contributed by atoms with Crippen LogP contribution in [0.25, 0.3) is 0 Å². The number of carbonyl (C=O) groups is 3. The first-order chi connectivity index (χ1) is 13.2. The average molecular weight is 400 g/mol. The van der Waals surface area contributed by atoms with Crippen LogP contribution in [0, 0.1) is 0 Å². The predicted molar refractivity (Wildman–Crippen MR) is 95.3 cm³/mol. The zero-order chi connectivity index (χ0) is 20.6. The third-order valence-electron chi connectivity index (χ3n) is 4.36. The first kappa shape index (κ1) is 21.7. The van der Waals surface area contributed by atoms with Gasteiger partial charge in [-0.3, -0.25) is 14.4 Å². The van der Waals surface area contributed by atoms with Crippen molar-refractivity contribution in [3.05, 3.63) is 29.8 Å². The Kier molecular flexibility index (Phi) is 7.83. The maximum atomic E-state index is 12.6. The van der Waals surface area contributed by atoms with E-state index in [1.165, 1.54) is 12.5 Å². The Labute approximate surface area is 160 Å². The van der Waals surface area contributed by atoms with Crippen LogP contribution in [0.3, 0.4) is 0 Å². The molecule has 0 radical (unpaired) electrons. The maximum Gasteiger partial charge on any atom is 0.416 e. The second-order valence-corrected chi connectivity index (χ2v) is 6.69. The van der Waals surface area contributed by atoms with Crippen molar-refractivity contribution in [3.63, 3.8) is 0 Å². The van der Waals surface area contributed by atoms with E-state index in [2.05, 4.69) is 10.6 Å². The van der Waals surface area contributed by atoms with Crippen LogP contribution in [0.4, 0.5) is 18.9 Å². The Morgan fingerprint density at radius 3 is 2.43 bits per heavy atom. The minimum absolute atomic E-state index is 0.0371. The SMILES string of the molecule is O=C(COC(=O)CCC(=O)NC1CCCCC1)Nc1cccc(C(F)(F)F)c1. The van der Waals surface area contributed by atoms with Crippen LogP contribution in [0.5, 0.6) is 0 Å². The van der Waals surface area contributed by atoms with Crippen LogP contribution in [0.15, 0.2) is 24.3 Å². The number of ether oxygens (including phenoxy) is 1. The fourth-order valence-corrected chi connectivity index (χ4v) is 2.95. The lowest BCUT2D eigenvalue weighted by molar-refractivity contribution is -0.148. The van der Waals surface area contributed by atoms with Crippen molar-refractivity contribution in [1.29, 1.82) is 0 Å². The summed E-state index contributed by atoms with van der Waals surface area (Å²) >= 11 is 0. The number of hydrogen-bond acceptors (Lipinski definition) is 4. The van der Waals surface area contributed by atoms with Crippen molar-refractivity contribution in [3.8, 4) is 0 Å². The van der Waals surface area contributed by atoms with Crippen molar-refractivity contribution in [2.45, 2.75) is 57.2 Å². The van der Waals surface area contributed by atoms with Gasteiger partial charge >= 0.3 is 12.1 Å². The molecule has 1 aliphatic carbocycles. The summed E-state index contributed by atoms with van der Waals surface area (Å²) in [5.41, 5.74) is -0.950. The summed E-state index contributed by atoms with van der Waals surface area (Å²) in [4.78, 5) is 35.2. The molecule has 0 spiro atoms. The Balaban J connectivity index is 1.68. The van der Waals surface area contributed by atoms with Gasteiger partial charge in [-0.25, -0.2) is 0 Å². The molecule has 2 amide bonds. The lowest BCUT2D eigenvalue weighted by Crippen LogP contribution is -2.36. The van der Waals surface area contributed by atoms with Gasteiger partial charge in [0.2, 0.25) is 5.91 Å². The van der Waals surface area contributed by atoms with E-state index >= 15 is 0 Å². The van der Waals surface area contributed by atoms with E-state index in [0.29, 0.717) is 0 Å². The Morgan fingerprint density at radius 1 is 1.04 bits per heavy atom. The van der Waals surface area contributed by atoms with Gasteiger partial charge in [-0.15, -0.1) is 0 Å². The van der Waals surface area contributed by atoms with Gasteiger partial charge in [-0.1, -0.05) is 25.3 Å². The highest BCUT2D eigenvalue weighted by atomic mass is 19.4. The first-order valence-corrected chi connectivity index (χ1v) is 9.16. The molecule has 1 fully saturated rings. The molecule has 154 valence electrons. The van der Waals surface area contributed by atoms with Crippen LogP contribution < -0.4 is 10.6 Å². The van der Waals surface area contributed by atoms with Gasteiger partial charge in [0, 0.05) is 18.2 Å². The third kappa shape index (κ3) is 7.58. The number of hydrogen-bond donors (Lipinski definition) is 2. The summed E-state index contributed by atoms with van der Waals surface area (Å²) in [6.07, 6.45) is 0.465. The molecule has 2 N–H and O–H groups in total. The van der Waals surface area contributed by atoms with E-state index in [0.717, 1.165) is 43.9 Å². The number of carbonyl (C=O) groups excluding carboxylic acids is 3. The standard InChI is InChI=1S/C19H23F3N2O4/c20-19(21,22)13-5-4-8-15(11-13)24-17(26)12-28-18(27)10-9-16(25)23-14-6-2-1-3-7-14/h4-5,8,11,14H,1-3,6-7,9-10,12H2,(H,23,25)(H,24,26). The molecule has 1 aliphatic rings. The van der Waals surface area contributed by atoms with E-state index in [4.69, 9.17) is 4.74 Å². The van der Waals surface area contributed by atoms with Crippen molar-refractivity contribution in [2.75, 3.05) is 11.9 Å². The largest absolute Gasteiger partial charge is 0.456 e. The molecule has 1 aromatic rings. The fraction of sp³-hybridized carbons (Fsp3) is 0.526. The van der Waals surface area contributed by atoms with Gasteiger partial charge in [0.25, 0.3) is 5.91 Å². The second-order valence-electron chi connectivity index (χ2n) is 6.69. The summed E-state index contributed by atoms with van der Waals surface area (Å²) < 4.78 is 42.7. The zero-order valence-electron chi connectivity index (χ0n) is 15.3. The second kappa shape index (κ2) is 10.1. The molecule has 1 aromatic carbocycles. The molecule has 9 heteroatoms. The molecule has 1 saturated carbocycles. The summed E-state index contributed by atoms with van der Waals surface area (Å²) in [6.45, 7) is -0.640. The van der Waals surface area contributed by atoms with Gasteiger partial charge in [-0.2, -0.15) is 13.2 Å². The number of alkyl halides is 3. The summed E-state index contributed by atoms with van der Waals surface area (Å²) in [5, 5.41) is 5.10. The highest BCUT2D eigenvalue weighted by Gasteiger charge is 2.30. The smallest absolute Gasteiger partial charge is 0.416 e. The van der Waals surface area contributed by atoms with Crippen molar-refractivity contribution in [2.24, 2.45) is 0 Å². The van der Waals surface area contributed by atoms with Crippen LogP contribution >= 0.6 is 0 Å². The lowest BCUT2D eigenvalue weighted by Gasteiger charge is -2.22. The molecule has 2 rings (SSSR count). The summed E-state index contributed by atoms with van der Waals surface area (Å²) in [7, 11) is 0. The van der Waals surface area contributed by atoms with Crippen LogP contribution in [0.1, 0.15) is 50.5 Å². The number of halogens is 3. The van der Waals surface area contributed by atoms with Crippen molar-refractivity contribution in [1.82, 2.24) is 5.32 Å². The van der Waals surface area contributed by atoms with Gasteiger partial charge in [0.15, 0.2) is 6.61 Å². The molecule has 0 aromatic heterocycles. The number of nitrogens with one attached hydrogen (secondary N) is 2. The van der Waals surface area contributed by atoms with Crippen LogP contribution in [-0.4, -0.2) is 30.4 Å². The number of benzene rings is 1. The van der Waals surface area contributed by atoms with Crippen molar-refractivity contribution < 1.29 is 32.3 Å². The molecule has 0 atom stereocenters. The molecule has 28 heavy (non-hydrogen) atoms. The van der Waals surface area contributed by atoms with Crippen LogP contribution in [0.2, 0.25) is 0 Å². The molecular weight excluding hydrogens is 377 g/mol. The molecule has 0 bridgehead atoms. The molecule has 0 saturated heterocycles. The van der Waals surface area contributed by atoms with E-state index in [-0.39, 0.29) is 30.5 Å². The van der Waals surface area contributed by atoms with Gasteiger partial charge < -0.3 is 15.4 Å². The maximum absolute atomic E-state index is 12.6. The Hall–Kier alpha value is -2.58. The molecule has 0 heterocycles. The minimum atomic E-state index is -4.52. The highest BCUT2D eigenvalue weighted by molar-refractivity contribution is 5.93. The predicted octanol–water partition coefficient (Wildman–Crippen LogP) is 3.42. The molecule has 6 nitrogen and oxygen atoms in total. The molecular formula is C19H23F3N2O4. The molecule has 0 aliphatic heterocycles. The minimum Gasteiger partial charge on any atom is -0.456 e. The lowest BCUT2D eigenvalue weighted by atomic mass is 9.95. The first-order valence-electron chi connectivity index (χ1n) is 9.16. The highest BCUT2D eigenvalue weighted by Crippen LogP contribution is 2.30. The van der Waals surface area contributed by atoms with E-state index in [1.54, 1.807) is 0 Å². The Bertz CT molecular complexity index is 701. The van der Waals surface area contributed by atoms with E-state index in [1.807, 2.05) is 0 Å². The molecule has 0 unspecified atom stereocenters. The zero-order valence-corrected chi connectivity index (χ0v) is 15.3. The van der Waals surface area contributed by atoms with Crippen molar-refractivity contribution >= 4 is 23.5 Å². The fourth-order valence-electron chi connectivity index (χ4n) is 2.95. The van der Waals surface area contributed by atoms with Crippen LogP contribution in [-0.2, 0) is 25.3 Å². The summed E-state index contributed by atoms with van der Waals surface area (Å²) in [5.74, 6) is -1.73. The van der Waals surface area contributed by atoms with Gasteiger partial charge in [-0.05, 0) is 31.0 Å². The van der Waals surface area contributed by atoms with Gasteiger partial charge in [0.05, 0.1) is 12.0 Å². The third-order valence-corrected chi connectivity index (χ3v) is 4.36. The average Bonchev–Trinajstić information content (AvgIpc) is 2.65. The Morgan fingerprint density at radius 2 is 1.75 bits per heavy atom.